The molecule has 0 aromatic heterocycles. The molecule has 2 unspecified atom stereocenters. The minimum atomic E-state index is -0.155. The maximum Gasteiger partial charge on any atom is 0.150 e. The van der Waals surface area contributed by atoms with Crippen molar-refractivity contribution in [2.75, 3.05) is 6.54 Å². The van der Waals surface area contributed by atoms with E-state index in [1.165, 1.54) is 19.3 Å². The third-order valence-corrected chi connectivity index (χ3v) is 2.50. The van der Waals surface area contributed by atoms with E-state index < -0.39 is 0 Å². The van der Waals surface area contributed by atoms with Crippen molar-refractivity contribution in [1.82, 2.24) is 5.06 Å². The molecular formula is C8H13NO2. The first-order chi connectivity index (χ1) is 5.40. The maximum atomic E-state index is 10.4. The molecule has 0 bridgehead atoms. The molecule has 0 saturated carbocycles. The largest absolute Gasteiger partial charge is 0.300 e. The van der Waals surface area contributed by atoms with Crippen molar-refractivity contribution >= 4 is 6.29 Å². The lowest BCUT2D eigenvalue weighted by molar-refractivity contribution is -0.172. The van der Waals surface area contributed by atoms with Crippen LogP contribution in [0, 0.1) is 0 Å². The number of hydroxylamine groups is 2. The first kappa shape index (κ1) is 7.25. The number of hydrogen-bond acceptors (Lipinski definition) is 3. The molecule has 11 heavy (non-hydrogen) atoms. The minimum Gasteiger partial charge on any atom is -0.300 e. The molecule has 0 N–H and O–H groups in total. The van der Waals surface area contributed by atoms with Crippen LogP contribution in [0.4, 0.5) is 0 Å². The fraction of sp³-hybridized carbons (Fsp3) is 0.875. The Balaban J connectivity index is 1.97. The SMILES string of the molecule is O=CC1CC2CCCCN2O1. The molecule has 2 aliphatic rings. The smallest absolute Gasteiger partial charge is 0.150 e. The quantitative estimate of drug-likeness (QED) is 0.523. The van der Waals surface area contributed by atoms with E-state index in [1.807, 2.05) is 5.06 Å². The summed E-state index contributed by atoms with van der Waals surface area (Å²) in [4.78, 5) is 15.8. The van der Waals surface area contributed by atoms with E-state index in [2.05, 4.69) is 0 Å². The second kappa shape index (κ2) is 2.91. The Hall–Kier alpha value is -0.410. The van der Waals surface area contributed by atoms with E-state index in [-0.39, 0.29) is 6.10 Å². The van der Waals surface area contributed by atoms with E-state index in [4.69, 9.17) is 4.84 Å². The van der Waals surface area contributed by atoms with Crippen LogP contribution in [-0.4, -0.2) is 30.0 Å². The van der Waals surface area contributed by atoms with Crippen LogP contribution in [0.15, 0.2) is 0 Å². The number of nitrogens with zero attached hydrogens (tertiary/aromatic N) is 1. The average molecular weight is 155 g/mol. The van der Waals surface area contributed by atoms with E-state index in [0.717, 1.165) is 19.3 Å². The lowest BCUT2D eigenvalue weighted by Crippen LogP contribution is -2.32. The summed E-state index contributed by atoms with van der Waals surface area (Å²) in [6.07, 6.45) is 5.36. The minimum absolute atomic E-state index is 0.155. The lowest BCUT2D eigenvalue weighted by Gasteiger charge is -2.26. The van der Waals surface area contributed by atoms with E-state index in [9.17, 15) is 4.79 Å². The zero-order valence-electron chi connectivity index (χ0n) is 6.53. The van der Waals surface area contributed by atoms with Crippen LogP contribution in [-0.2, 0) is 9.63 Å². The molecule has 3 heteroatoms. The third-order valence-electron chi connectivity index (χ3n) is 2.50. The van der Waals surface area contributed by atoms with Crippen LogP contribution in [0.1, 0.15) is 25.7 Å². The van der Waals surface area contributed by atoms with Gasteiger partial charge in [-0.15, -0.1) is 0 Å². The molecule has 0 aromatic rings. The fourth-order valence-electron chi connectivity index (χ4n) is 1.91. The number of carbonyl (C=O) groups is 1. The molecule has 62 valence electrons. The van der Waals surface area contributed by atoms with Crippen LogP contribution in [0.2, 0.25) is 0 Å². The molecule has 0 spiro atoms. The first-order valence-corrected chi connectivity index (χ1v) is 4.29. The Labute approximate surface area is 66.3 Å². The number of fused-ring (bicyclic) bond motifs is 1. The number of rotatable bonds is 1. The molecule has 2 rings (SSSR count). The summed E-state index contributed by atoms with van der Waals surface area (Å²) in [7, 11) is 0. The van der Waals surface area contributed by atoms with E-state index in [1.54, 1.807) is 0 Å². The van der Waals surface area contributed by atoms with Gasteiger partial charge in [-0.3, -0.25) is 4.84 Å². The van der Waals surface area contributed by atoms with Crippen molar-refractivity contribution in [2.45, 2.75) is 37.8 Å². The molecule has 2 fully saturated rings. The molecule has 2 aliphatic heterocycles. The Morgan fingerprint density at radius 3 is 3.09 bits per heavy atom. The number of piperidine rings is 1. The summed E-state index contributed by atoms with van der Waals surface area (Å²) in [5.74, 6) is 0. The monoisotopic (exact) mass is 155 g/mol. The van der Waals surface area contributed by atoms with E-state index >= 15 is 0 Å². The van der Waals surface area contributed by atoms with Gasteiger partial charge in [0.05, 0.1) is 0 Å². The molecule has 0 amide bonds. The summed E-state index contributed by atoms with van der Waals surface area (Å²) in [6.45, 7) is 1.01. The molecule has 2 heterocycles. The summed E-state index contributed by atoms with van der Waals surface area (Å²) in [6, 6.07) is 0.527. The molecule has 0 aliphatic carbocycles. The average Bonchev–Trinajstić information content (AvgIpc) is 2.46. The van der Waals surface area contributed by atoms with Gasteiger partial charge < -0.3 is 4.79 Å². The highest BCUT2D eigenvalue weighted by Crippen LogP contribution is 2.27. The zero-order chi connectivity index (χ0) is 7.68. The van der Waals surface area contributed by atoms with Gasteiger partial charge in [-0.2, -0.15) is 5.06 Å². The second-order valence-corrected chi connectivity index (χ2v) is 3.31. The Kier molecular flexibility index (Phi) is 1.92. The van der Waals surface area contributed by atoms with E-state index in [0.29, 0.717) is 6.04 Å². The Bertz CT molecular complexity index is 146. The molecular weight excluding hydrogens is 142 g/mol. The van der Waals surface area contributed by atoms with Crippen molar-refractivity contribution < 1.29 is 9.63 Å². The van der Waals surface area contributed by atoms with Crippen molar-refractivity contribution in [3.8, 4) is 0 Å². The summed E-state index contributed by atoms with van der Waals surface area (Å²) >= 11 is 0. The highest BCUT2D eigenvalue weighted by molar-refractivity contribution is 5.56. The van der Waals surface area contributed by atoms with Crippen LogP contribution in [0.3, 0.4) is 0 Å². The normalized spacial score (nSPS) is 38.5. The zero-order valence-corrected chi connectivity index (χ0v) is 6.53. The van der Waals surface area contributed by atoms with Crippen LogP contribution >= 0.6 is 0 Å². The number of hydrogen-bond donors (Lipinski definition) is 0. The maximum absolute atomic E-state index is 10.4. The van der Waals surface area contributed by atoms with Gasteiger partial charge in [-0.1, -0.05) is 6.42 Å². The van der Waals surface area contributed by atoms with Crippen LogP contribution in [0.5, 0.6) is 0 Å². The topological polar surface area (TPSA) is 29.5 Å². The highest BCUT2D eigenvalue weighted by Gasteiger charge is 2.34. The second-order valence-electron chi connectivity index (χ2n) is 3.31. The Morgan fingerprint density at radius 1 is 1.45 bits per heavy atom. The fourth-order valence-corrected chi connectivity index (χ4v) is 1.91. The van der Waals surface area contributed by atoms with Crippen molar-refractivity contribution in [1.29, 1.82) is 0 Å². The van der Waals surface area contributed by atoms with Gasteiger partial charge in [0.2, 0.25) is 0 Å². The van der Waals surface area contributed by atoms with Gasteiger partial charge >= 0.3 is 0 Å². The predicted molar refractivity (Wildman–Crippen MR) is 39.9 cm³/mol. The predicted octanol–water partition coefficient (Wildman–Crippen LogP) is 0.744. The number of carbonyl (C=O) groups excluding carboxylic acids is 1. The summed E-state index contributed by atoms with van der Waals surface area (Å²) in [5, 5.41) is 1.99. The third kappa shape index (κ3) is 1.30. The van der Waals surface area contributed by atoms with Crippen molar-refractivity contribution in [3.63, 3.8) is 0 Å². The van der Waals surface area contributed by atoms with Gasteiger partial charge in [0, 0.05) is 19.0 Å². The molecule has 3 nitrogen and oxygen atoms in total. The van der Waals surface area contributed by atoms with Gasteiger partial charge in [0.1, 0.15) is 6.10 Å². The number of aldehydes is 1. The molecule has 2 saturated heterocycles. The van der Waals surface area contributed by atoms with Gasteiger partial charge in [0.15, 0.2) is 6.29 Å². The van der Waals surface area contributed by atoms with Crippen molar-refractivity contribution in [2.24, 2.45) is 0 Å². The lowest BCUT2D eigenvalue weighted by atomic mass is 10.0. The van der Waals surface area contributed by atoms with Gasteiger partial charge in [0.25, 0.3) is 0 Å². The van der Waals surface area contributed by atoms with Gasteiger partial charge in [-0.05, 0) is 12.8 Å². The van der Waals surface area contributed by atoms with Crippen molar-refractivity contribution in [3.05, 3.63) is 0 Å². The first-order valence-electron chi connectivity index (χ1n) is 4.29. The summed E-state index contributed by atoms with van der Waals surface area (Å²) < 4.78 is 0. The highest BCUT2D eigenvalue weighted by atomic mass is 16.7. The molecule has 0 radical (unpaired) electrons. The van der Waals surface area contributed by atoms with Gasteiger partial charge in [-0.25, -0.2) is 0 Å². The summed E-state index contributed by atoms with van der Waals surface area (Å²) in [5.41, 5.74) is 0. The molecule has 0 aromatic carbocycles. The molecule has 2 atom stereocenters. The standard InChI is InChI=1S/C8H13NO2/c10-6-8-5-7-3-1-2-4-9(7)11-8/h6-8H,1-5H2. The van der Waals surface area contributed by atoms with Crippen LogP contribution in [0.25, 0.3) is 0 Å². The Morgan fingerprint density at radius 2 is 2.36 bits per heavy atom. The van der Waals surface area contributed by atoms with Crippen LogP contribution < -0.4 is 0 Å².